The maximum atomic E-state index is 5.87. The van der Waals surface area contributed by atoms with Gasteiger partial charge in [-0.1, -0.05) is 63.1 Å². The molecule has 0 amide bonds. The number of hydrogen-bond acceptors (Lipinski definition) is 2. The van der Waals surface area contributed by atoms with Crippen LogP contribution in [-0.2, 0) is 4.74 Å². The second-order valence-electron chi connectivity index (χ2n) is 11.2. The van der Waals surface area contributed by atoms with Crippen LogP contribution >= 0.6 is 22.6 Å². The molecule has 0 aromatic rings. The van der Waals surface area contributed by atoms with Crippen LogP contribution in [0.4, 0.5) is 0 Å². The molecular formula is C24H44INO. The fraction of sp³-hybridized carbons (Fsp3) is 1.00. The van der Waals surface area contributed by atoms with Crippen molar-refractivity contribution in [3.8, 4) is 0 Å². The quantitative estimate of drug-likeness (QED) is 0.316. The third-order valence-corrected chi connectivity index (χ3v) is 9.54. The van der Waals surface area contributed by atoms with E-state index in [2.05, 4.69) is 69.0 Å². The van der Waals surface area contributed by atoms with Gasteiger partial charge < -0.3 is 4.74 Å². The van der Waals surface area contributed by atoms with E-state index in [9.17, 15) is 0 Å². The summed E-state index contributed by atoms with van der Waals surface area (Å²) in [5.74, 6) is 2.51. The largest absolute Gasteiger partial charge is 0.377 e. The van der Waals surface area contributed by atoms with Gasteiger partial charge in [0.2, 0.25) is 0 Å². The summed E-state index contributed by atoms with van der Waals surface area (Å²) in [5.41, 5.74) is 0.830. The summed E-state index contributed by atoms with van der Waals surface area (Å²) in [7, 11) is 0. The summed E-state index contributed by atoms with van der Waals surface area (Å²) in [5, 5.41) is 0. The summed E-state index contributed by atoms with van der Waals surface area (Å²) in [6.07, 6.45) is 11.2. The number of hydrogen-bond donors (Lipinski definition) is 0. The van der Waals surface area contributed by atoms with Crippen molar-refractivity contribution >= 4 is 22.6 Å². The lowest BCUT2D eigenvalue weighted by molar-refractivity contribution is -0.209. The molecule has 0 radical (unpaired) electrons. The van der Waals surface area contributed by atoms with Crippen molar-refractivity contribution < 1.29 is 4.74 Å². The lowest BCUT2D eigenvalue weighted by Crippen LogP contribution is -2.71. The van der Waals surface area contributed by atoms with Crippen molar-refractivity contribution in [2.75, 3.05) is 19.8 Å². The molecule has 3 heteroatoms. The molecule has 3 aliphatic rings. The van der Waals surface area contributed by atoms with Gasteiger partial charge in [-0.25, -0.2) is 0 Å². The predicted octanol–water partition coefficient (Wildman–Crippen LogP) is 6.70. The highest BCUT2D eigenvalue weighted by Crippen LogP contribution is 2.51. The van der Waals surface area contributed by atoms with Crippen LogP contribution in [0.2, 0.25) is 0 Å². The lowest BCUT2D eigenvalue weighted by Gasteiger charge is -2.61. The molecule has 0 aromatic heterocycles. The third kappa shape index (κ3) is 4.55. The fourth-order valence-corrected chi connectivity index (χ4v) is 7.83. The summed E-state index contributed by atoms with van der Waals surface area (Å²) < 4.78 is 6.32. The number of ether oxygens (including phenoxy) is 1. The Bertz CT molecular complexity index is 499. The molecule has 4 unspecified atom stereocenters. The molecule has 2 saturated heterocycles. The van der Waals surface area contributed by atoms with Crippen LogP contribution in [0.15, 0.2) is 0 Å². The van der Waals surface area contributed by atoms with Crippen LogP contribution in [0.25, 0.3) is 0 Å². The molecule has 4 atom stereocenters. The van der Waals surface area contributed by atoms with Crippen LogP contribution < -0.4 is 0 Å². The lowest BCUT2D eigenvalue weighted by atomic mass is 9.63. The number of likely N-dealkylation sites (tertiary alicyclic amines) is 1. The van der Waals surface area contributed by atoms with Crippen LogP contribution in [0.5, 0.6) is 0 Å². The molecule has 27 heavy (non-hydrogen) atoms. The molecule has 1 spiro atoms. The number of rotatable bonds is 2. The van der Waals surface area contributed by atoms with Gasteiger partial charge in [0, 0.05) is 9.46 Å². The highest BCUT2D eigenvalue weighted by Gasteiger charge is 2.55. The standard InChI is InChI=1S/C24H44INO/c1-18(2)22(5)13-10-20-11-14-26(19(3)4)24(16-27-17-24)21(20)9-7-8-12-23(6,25)15-22/h18-21H,7-17H2,1-6H3. The molecular weight excluding hydrogens is 445 g/mol. The van der Waals surface area contributed by atoms with E-state index in [1.165, 1.54) is 57.9 Å². The monoisotopic (exact) mass is 489 g/mol. The van der Waals surface area contributed by atoms with E-state index in [1.807, 2.05) is 0 Å². The topological polar surface area (TPSA) is 12.5 Å². The molecule has 2 aliphatic heterocycles. The summed E-state index contributed by atoms with van der Waals surface area (Å²) >= 11 is 2.78. The van der Waals surface area contributed by atoms with E-state index in [0.29, 0.717) is 20.4 Å². The average molecular weight is 490 g/mol. The highest BCUT2D eigenvalue weighted by molar-refractivity contribution is 14.1. The summed E-state index contributed by atoms with van der Waals surface area (Å²) in [6, 6.07) is 0.645. The Morgan fingerprint density at radius 1 is 0.963 bits per heavy atom. The predicted molar refractivity (Wildman–Crippen MR) is 125 cm³/mol. The van der Waals surface area contributed by atoms with Crippen molar-refractivity contribution in [2.24, 2.45) is 23.2 Å². The molecule has 0 bridgehead atoms. The Kier molecular flexibility index (Phi) is 6.96. The first kappa shape index (κ1) is 22.3. The molecule has 0 aromatic carbocycles. The van der Waals surface area contributed by atoms with E-state index in [0.717, 1.165) is 31.0 Å². The van der Waals surface area contributed by atoms with E-state index in [4.69, 9.17) is 4.74 Å². The minimum absolute atomic E-state index is 0.354. The van der Waals surface area contributed by atoms with Crippen molar-refractivity contribution in [3.63, 3.8) is 0 Å². The van der Waals surface area contributed by atoms with E-state index < -0.39 is 0 Å². The second-order valence-corrected chi connectivity index (χ2v) is 13.8. The zero-order valence-corrected chi connectivity index (χ0v) is 21.0. The molecule has 1 saturated carbocycles. The van der Waals surface area contributed by atoms with Gasteiger partial charge in [-0.05, 0) is 82.1 Å². The minimum atomic E-state index is 0.354. The highest BCUT2D eigenvalue weighted by atomic mass is 127. The maximum absolute atomic E-state index is 5.87. The Morgan fingerprint density at radius 2 is 1.67 bits per heavy atom. The first-order valence-corrected chi connectivity index (χ1v) is 12.7. The van der Waals surface area contributed by atoms with Gasteiger partial charge >= 0.3 is 0 Å². The second kappa shape index (κ2) is 8.41. The minimum Gasteiger partial charge on any atom is -0.377 e. The molecule has 1 aliphatic carbocycles. The van der Waals surface area contributed by atoms with E-state index in [1.54, 1.807) is 0 Å². The number of alkyl halides is 1. The summed E-state index contributed by atoms with van der Waals surface area (Å²) in [4.78, 5) is 2.82. The van der Waals surface area contributed by atoms with Crippen LogP contribution in [0.3, 0.4) is 0 Å². The van der Waals surface area contributed by atoms with Crippen molar-refractivity contribution in [1.29, 1.82) is 0 Å². The van der Waals surface area contributed by atoms with Gasteiger partial charge in [0.15, 0.2) is 0 Å². The van der Waals surface area contributed by atoms with Crippen molar-refractivity contribution in [1.82, 2.24) is 4.90 Å². The fourth-order valence-electron chi connectivity index (χ4n) is 6.58. The van der Waals surface area contributed by atoms with Gasteiger partial charge in [0.05, 0.1) is 18.8 Å². The Morgan fingerprint density at radius 3 is 2.22 bits per heavy atom. The summed E-state index contributed by atoms with van der Waals surface area (Å²) in [6.45, 7) is 18.1. The molecule has 0 N–H and O–H groups in total. The molecule has 2 nitrogen and oxygen atoms in total. The smallest absolute Gasteiger partial charge is 0.0711 e. The number of piperidine rings is 1. The van der Waals surface area contributed by atoms with Crippen LogP contribution in [-0.4, -0.2) is 39.7 Å². The molecule has 2 heterocycles. The number of halogens is 1. The number of fused-ring (bicyclic) bond motifs is 2. The molecule has 3 rings (SSSR count). The molecule has 158 valence electrons. The van der Waals surface area contributed by atoms with Crippen LogP contribution in [0.1, 0.15) is 92.9 Å². The maximum Gasteiger partial charge on any atom is 0.0711 e. The van der Waals surface area contributed by atoms with E-state index >= 15 is 0 Å². The van der Waals surface area contributed by atoms with Crippen molar-refractivity contribution in [2.45, 2.75) is 108 Å². The zero-order valence-electron chi connectivity index (χ0n) is 18.8. The third-order valence-electron chi connectivity index (χ3n) is 8.62. The number of nitrogens with zero attached hydrogens (tertiary/aromatic N) is 1. The van der Waals surface area contributed by atoms with E-state index in [-0.39, 0.29) is 0 Å². The Balaban J connectivity index is 1.85. The van der Waals surface area contributed by atoms with Gasteiger partial charge in [-0.3, -0.25) is 4.90 Å². The first-order valence-electron chi connectivity index (χ1n) is 11.6. The van der Waals surface area contributed by atoms with Crippen LogP contribution in [0, 0.1) is 23.2 Å². The molecule has 3 fully saturated rings. The van der Waals surface area contributed by atoms with Gasteiger partial charge in [-0.2, -0.15) is 0 Å². The first-order chi connectivity index (χ1) is 12.6. The van der Waals surface area contributed by atoms with Crippen molar-refractivity contribution in [3.05, 3.63) is 0 Å². The zero-order chi connectivity index (χ0) is 19.9. The Labute approximate surface area is 182 Å². The SMILES string of the molecule is CC(C)N1CCC2CCC(C)(C(C)C)CC(C)(I)CCCCC2C12COC2. The van der Waals surface area contributed by atoms with Gasteiger partial charge in [0.25, 0.3) is 0 Å². The van der Waals surface area contributed by atoms with Gasteiger partial charge in [0.1, 0.15) is 0 Å². The Hall–Kier alpha value is 0.650. The normalized spacial score (nSPS) is 41.2. The average Bonchev–Trinajstić information content (AvgIpc) is 2.55. The van der Waals surface area contributed by atoms with Gasteiger partial charge in [-0.15, -0.1) is 0 Å².